The van der Waals surface area contributed by atoms with E-state index >= 15 is 0 Å². The van der Waals surface area contributed by atoms with E-state index in [9.17, 15) is 0 Å². The molecule has 1 heteroatoms. The van der Waals surface area contributed by atoms with Gasteiger partial charge in [0.1, 0.15) is 0 Å². The second-order valence-electron chi connectivity index (χ2n) is 10.7. The van der Waals surface area contributed by atoms with Gasteiger partial charge in [-0.3, -0.25) is 0 Å². The van der Waals surface area contributed by atoms with Crippen molar-refractivity contribution in [2.45, 2.75) is 27.2 Å². The first-order valence-corrected chi connectivity index (χ1v) is 14.9. The van der Waals surface area contributed by atoms with Gasteiger partial charge in [-0.05, 0) is 97.8 Å². The summed E-state index contributed by atoms with van der Waals surface area (Å²) >= 11 is 0. The lowest BCUT2D eigenvalue weighted by atomic mass is 9.80. The molecular weight excluding hydrogens is 530 g/mol. The molecule has 0 spiro atoms. The molecule has 0 radical (unpaired) electrons. The minimum Gasteiger partial charge on any atom is -0.308 e. The summed E-state index contributed by atoms with van der Waals surface area (Å²) in [6.07, 6.45) is 16.2. The van der Waals surface area contributed by atoms with Crippen LogP contribution in [0.4, 0.5) is 0 Å². The van der Waals surface area contributed by atoms with Gasteiger partial charge in [-0.15, -0.1) is 0 Å². The van der Waals surface area contributed by atoms with Crippen molar-refractivity contribution in [2.24, 2.45) is 0 Å². The summed E-state index contributed by atoms with van der Waals surface area (Å²) in [5.41, 5.74) is 13.4. The lowest BCUT2D eigenvalue weighted by Gasteiger charge is -2.23. The standard InChI is InChI=1S/C43H41N/c1-9-14-18-31(10-2)30(8)38-21-17-22-39(35(38)11-3)43-37(13-5)36(12-4)42(40-19-15-16-20-41(40)43)33-25-23-32(24-26-33)34(28-44)27-29(6)7/h9,11-28,44H,3-6,8,10H2,1-2,7H3/b14-9-,31-18+,34-27+,44-28?. The summed E-state index contributed by atoms with van der Waals surface area (Å²) < 4.78 is 0. The van der Waals surface area contributed by atoms with E-state index in [1.54, 1.807) is 0 Å². The van der Waals surface area contributed by atoms with E-state index in [2.05, 4.69) is 119 Å². The Bertz CT molecular complexity index is 1880. The van der Waals surface area contributed by atoms with Crippen molar-refractivity contribution in [1.29, 1.82) is 5.41 Å². The van der Waals surface area contributed by atoms with Crippen LogP contribution in [-0.4, -0.2) is 6.21 Å². The van der Waals surface area contributed by atoms with E-state index in [0.29, 0.717) is 0 Å². The highest BCUT2D eigenvalue weighted by atomic mass is 14.3. The Morgan fingerprint density at radius 3 is 1.93 bits per heavy atom. The number of nitrogens with one attached hydrogen (secondary N) is 1. The molecule has 0 fully saturated rings. The lowest BCUT2D eigenvalue weighted by Crippen LogP contribution is -1.99. The largest absolute Gasteiger partial charge is 0.308 e. The molecule has 0 aromatic heterocycles. The molecule has 0 aliphatic rings. The van der Waals surface area contributed by atoms with Gasteiger partial charge in [0.15, 0.2) is 0 Å². The number of fused-ring (bicyclic) bond motifs is 1. The van der Waals surface area contributed by atoms with Crippen LogP contribution in [0.25, 0.3) is 62.4 Å². The van der Waals surface area contributed by atoms with Crippen LogP contribution in [0.1, 0.15) is 55.0 Å². The number of allylic oxidation sites excluding steroid dienone is 8. The van der Waals surface area contributed by atoms with Crippen molar-refractivity contribution in [2.75, 3.05) is 0 Å². The molecule has 0 saturated carbocycles. The second kappa shape index (κ2) is 14.3. The van der Waals surface area contributed by atoms with Crippen LogP contribution in [0.3, 0.4) is 0 Å². The first-order valence-electron chi connectivity index (χ1n) is 14.9. The van der Waals surface area contributed by atoms with Crippen molar-refractivity contribution in [3.8, 4) is 22.3 Å². The van der Waals surface area contributed by atoms with E-state index in [0.717, 1.165) is 84.0 Å². The fourth-order valence-corrected chi connectivity index (χ4v) is 5.89. The average molecular weight is 572 g/mol. The van der Waals surface area contributed by atoms with Gasteiger partial charge in [0.05, 0.1) is 0 Å². The molecule has 0 heterocycles. The molecule has 0 bridgehead atoms. The third-order valence-corrected chi connectivity index (χ3v) is 7.93. The van der Waals surface area contributed by atoms with Gasteiger partial charge in [0.25, 0.3) is 0 Å². The molecule has 0 aliphatic heterocycles. The van der Waals surface area contributed by atoms with Crippen molar-refractivity contribution >= 4 is 46.4 Å². The maximum absolute atomic E-state index is 7.90. The van der Waals surface area contributed by atoms with E-state index in [4.69, 9.17) is 5.41 Å². The summed E-state index contributed by atoms with van der Waals surface area (Å²) in [4.78, 5) is 0. The van der Waals surface area contributed by atoms with Crippen molar-refractivity contribution in [3.05, 3.63) is 163 Å². The maximum atomic E-state index is 7.90. The zero-order valence-corrected chi connectivity index (χ0v) is 26.2. The SMILES string of the molecule is C=Cc1c(C(=C)/C(=C/C=C\C)CC)cccc1-c1c(C=C)c(C=C)c(-c2ccc(/C(C=N)=C/C(=C)C)cc2)c2ccccc12. The molecule has 1 nitrogen and oxygen atoms in total. The Morgan fingerprint density at radius 1 is 0.773 bits per heavy atom. The van der Waals surface area contributed by atoms with E-state index in [1.165, 1.54) is 11.8 Å². The normalized spacial score (nSPS) is 11.9. The van der Waals surface area contributed by atoms with Gasteiger partial charge < -0.3 is 5.41 Å². The maximum Gasteiger partial charge on any atom is 0.0256 e. The van der Waals surface area contributed by atoms with E-state index in [1.807, 2.05) is 44.2 Å². The minimum absolute atomic E-state index is 0.824. The third kappa shape index (κ3) is 6.09. The zero-order valence-electron chi connectivity index (χ0n) is 26.2. The first kappa shape index (κ1) is 31.7. The van der Waals surface area contributed by atoms with Crippen LogP contribution in [0.5, 0.6) is 0 Å². The van der Waals surface area contributed by atoms with Crippen molar-refractivity contribution in [3.63, 3.8) is 0 Å². The van der Waals surface area contributed by atoms with Crippen molar-refractivity contribution in [1.82, 2.24) is 0 Å². The molecule has 44 heavy (non-hydrogen) atoms. The van der Waals surface area contributed by atoms with Crippen LogP contribution in [-0.2, 0) is 0 Å². The fraction of sp³-hybridized carbons (Fsp3) is 0.0930. The molecule has 1 N–H and O–H groups in total. The molecule has 4 rings (SSSR count). The second-order valence-corrected chi connectivity index (χ2v) is 10.7. The smallest absolute Gasteiger partial charge is 0.0256 e. The van der Waals surface area contributed by atoms with Gasteiger partial charge in [-0.25, -0.2) is 0 Å². The highest BCUT2D eigenvalue weighted by Gasteiger charge is 2.21. The van der Waals surface area contributed by atoms with Gasteiger partial charge in [0, 0.05) is 6.21 Å². The third-order valence-electron chi connectivity index (χ3n) is 7.93. The van der Waals surface area contributed by atoms with Gasteiger partial charge in [-0.1, -0.05) is 155 Å². The van der Waals surface area contributed by atoms with Gasteiger partial charge in [-0.2, -0.15) is 0 Å². The monoisotopic (exact) mass is 571 g/mol. The van der Waals surface area contributed by atoms with Crippen LogP contribution in [0, 0.1) is 5.41 Å². The molecule has 4 aromatic carbocycles. The van der Waals surface area contributed by atoms with Gasteiger partial charge in [0.2, 0.25) is 0 Å². The number of hydrogen-bond donors (Lipinski definition) is 1. The average Bonchev–Trinajstić information content (AvgIpc) is 3.05. The predicted octanol–water partition coefficient (Wildman–Crippen LogP) is 12.6. The van der Waals surface area contributed by atoms with Crippen molar-refractivity contribution < 1.29 is 0 Å². The molecule has 0 unspecified atom stereocenters. The molecule has 0 saturated heterocycles. The Hall–Kier alpha value is -5.27. The van der Waals surface area contributed by atoms with Crippen LogP contribution >= 0.6 is 0 Å². The molecule has 218 valence electrons. The van der Waals surface area contributed by atoms with Gasteiger partial charge >= 0.3 is 0 Å². The number of hydrogen-bond acceptors (Lipinski definition) is 1. The molecule has 0 aliphatic carbocycles. The van der Waals surface area contributed by atoms with E-state index in [-0.39, 0.29) is 0 Å². The number of benzene rings is 4. The molecule has 0 amide bonds. The lowest BCUT2D eigenvalue weighted by molar-refractivity contribution is 1.16. The minimum atomic E-state index is 0.824. The Balaban J connectivity index is 2.04. The molecular formula is C43H41N. The molecule has 0 atom stereocenters. The highest BCUT2D eigenvalue weighted by Crippen LogP contribution is 2.45. The predicted molar refractivity (Wildman–Crippen MR) is 199 cm³/mol. The van der Waals surface area contributed by atoms with Crippen LogP contribution < -0.4 is 0 Å². The zero-order chi connectivity index (χ0) is 31.8. The van der Waals surface area contributed by atoms with E-state index < -0.39 is 0 Å². The Kier molecular flexibility index (Phi) is 10.3. The topological polar surface area (TPSA) is 23.9 Å². The first-order chi connectivity index (χ1) is 21.3. The Morgan fingerprint density at radius 2 is 1.39 bits per heavy atom. The molecule has 4 aromatic rings. The highest BCUT2D eigenvalue weighted by molar-refractivity contribution is 6.13. The Labute approximate surface area is 263 Å². The fourth-order valence-electron chi connectivity index (χ4n) is 5.89. The van der Waals surface area contributed by atoms with Crippen LogP contribution in [0.2, 0.25) is 0 Å². The quantitative estimate of drug-likeness (QED) is 0.129. The number of rotatable bonds is 12. The van der Waals surface area contributed by atoms with Crippen LogP contribution in [0.15, 0.2) is 135 Å². The summed E-state index contributed by atoms with van der Waals surface area (Å²) in [5.74, 6) is 0. The summed E-state index contributed by atoms with van der Waals surface area (Å²) in [7, 11) is 0. The summed E-state index contributed by atoms with van der Waals surface area (Å²) in [5, 5.41) is 10.2. The summed E-state index contributed by atoms with van der Waals surface area (Å²) in [6, 6.07) is 23.3. The summed E-state index contributed by atoms with van der Waals surface area (Å²) in [6.45, 7) is 27.4.